The molecule has 21 heavy (non-hydrogen) atoms. The maximum absolute atomic E-state index is 5.44. The first-order valence-corrected chi connectivity index (χ1v) is 8.71. The van der Waals surface area contributed by atoms with E-state index in [1.54, 1.807) is 11.3 Å². The van der Waals surface area contributed by atoms with Gasteiger partial charge in [-0.1, -0.05) is 42.5 Å². The standard InChI is InChI=1S/C15H20N4S2/c1-2-8-16-14-17-19(15(20)21-14)11-18-9-7-12-5-3-4-6-13(12)10-18/h3-6H,2,7-11H2,1H3,(H,16,17)/p+1. The minimum Gasteiger partial charge on any atom is -0.360 e. The molecule has 0 amide bonds. The summed E-state index contributed by atoms with van der Waals surface area (Å²) in [7, 11) is 0. The number of fused-ring (bicyclic) bond motifs is 1. The predicted octanol–water partition coefficient (Wildman–Crippen LogP) is 2.09. The van der Waals surface area contributed by atoms with Crippen LogP contribution in [0.25, 0.3) is 0 Å². The molecule has 1 aliphatic heterocycles. The molecule has 0 saturated heterocycles. The van der Waals surface area contributed by atoms with E-state index in [1.165, 1.54) is 16.0 Å². The van der Waals surface area contributed by atoms with E-state index in [1.807, 2.05) is 4.68 Å². The lowest BCUT2D eigenvalue weighted by molar-refractivity contribution is -0.938. The summed E-state index contributed by atoms with van der Waals surface area (Å²) in [5, 5.41) is 8.86. The molecule has 1 atom stereocenters. The van der Waals surface area contributed by atoms with Crippen molar-refractivity contribution >= 4 is 28.7 Å². The molecule has 0 spiro atoms. The van der Waals surface area contributed by atoms with Crippen LogP contribution in [0, 0.1) is 3.95 Å². The van der Waals surface area contributed by atoms with Gasteiger partial charge < -0.3 is 10.2 Å². The number of hydrogen-bond acceptors (Lipinski definition) is 4. The second-order valence-corrected chi connectivity index (χ2v) is 7.08. The molecule has 1 aromatic carbocycles. The summed E-state index contributed by atoms with van der Waals surface area (Å²) < 4.78 is 2.83. The third kappa shape index (κ3) is 3.51. The topological polar surface area (TPSA) is 34.3 Å². The molecule has 1 aromatic heterocycles. The minimum absolute atomic E-state index is 0.859. The van der Waals surface area contributed by atoms with Crippen molar-refractivity contribution in [1.82, 2.24) is 9.78 Å². The molecule has 2 heterocycles. The zero-order valence-electron chi connectivity index (χ0n) is 12.3. The Morgan fingerprint density at radius 2 is 2.19 bits per heavy atom. The van der Waals surface area contributed by atoms with Crippen molar-refractivity contribution in [1.29, 1.82) is 0 Å². The van der Waals surface area contributed by atoms with E-state index >= 15 is 0 Å². The number of anilines is 1. The third-order valence-electron chi connectivity index (χ3n) is 3.81. The monoisotopic (exact) mass is 321 g/mol. The average Bonchev–Trinajstić information content (AvgIpc) is 2.85. The summed E-state index contributed by atoms with van der Waals surface area (Å²) in [5.41, 5.74) is 2.96. The number of benzene rings is 1. The second kappa shape index (κ2) is 6.68. The van der Waals surface area contributed by atoms with E-state index < -0.39 is 0 Å². The first-order chi connectivity index (χ1) is 10.3. The smallest absolute Gasteiger partial charge is 0.204 e. The van der Waals surface area contributed by atoms with E-state index in [2.05, 4.69) is 41.6 Å². The summed E-state index contributed by atoms with van der Waals surface area (Å²) in [6, 6.07) is 8.74. The molecule has 6 heteroatoms. The lowest BCUT2D eigenvalue weighted by Gasteiger charge is -2.25. The summed E-state index contributed by atoms with van der Waals surface area (Å²) in [4.78, 5) is 1.53. The number of rotatable bonds is 5. The third-order valence-corrected chi connectivity index (χ3v) is 5.08. The molecular formula is C15H21N4S2+. The van der Waals surface area contributed by atoms with Gasteiger partial charge in [0.2, 0.25) is 5.13 Å². The van der Waals surface area contributed by atoms with Crippen LogP contribution >= 0.6 is 23.6 Å². The van der Waals surface area contributed by atoms with Gasteiger partial charge in [-0.3, -0.25) is 0 Å². The Morgan fingerprint density at radius 3 is 3.00 bits per heavy atom. The Labute approximate surface area is 134 Å². The molecule has 0 fully saturated rings. The zero-order valence-corrected chi connectivity index (χ0v) is 13.9. The summed E-state index contributed by atoms with van der Waals surface area (Å²) in [6.45, 7) is 6.17. The van der Waals surface area contributed by atoms with Gasteiger partial charge in [0, 0.05) is 18.5 Å². The molecule has 0 radical (unpaired) electrons. The van der Waals surface area contributed by atoms with E-state index in [0.717, 1.165) is 48.2 Å². The van der Waals surface area contributed by atoms with Crippen molar-refractivity contribution in [2.75, 3.05) is 18.4 Å². The Morgan fingerprint density at radius 1 is 1.38 bits per heavy atom. The quantitative estimate of drug-likeness (QED) is 0.828. The Balaban J connectivity index is 1.68. The van der Waals surface area contributed by atoms with Gasteiger partial charge in [0.25, 0.3) is 0 Å². The van der Waals surface area contributed by atoms with Gasteiger partial charge in [0.05, 0.1) is 6.54 Å². The van der Waals surface area contributed by atoms with Crippen molar-refractivity contribution in [3.8, 4) is 0 Å². The van der Waals surface area contributed by atoms with Gasteiger partial charge in [0.15, 0.2) is 10.6 Å². The maximum Gasteiger partial charge on any atom is 0.204 e. The zero-order chi connectivity index (χ0) is 14.7. The molecule has 2 N–H and O–H groups in total. The first-order valence-electron chi connectivity index (χ1n) is 7.48. The molecule has 4 nitrogen and oxygen atoms in total. The largest absolute Gasteiger partial charge is 0.360 e. The molecule has 2 aromatic rings. The first kappa shape index (κ1) is 14.7. The van der Waals surface area contributed by atoms with Crippen LogP contribution in [0.2, 0.25) is 0 Å². The van der Waals surface area contributed by atoms with Crippen LogP contribution in [0.5, 0.6) is 0 Å². The van der Waals surface area contributed by atoms with Gasteiger partial charge in [-0.2, -0.15) is 4.68 Å². The number of hydrogen-bond donors (Lipinski definition) is 2. The summed E-state index contributed by atoms with van der Waals surface area (Å²) in [5.74, 6) is 0. The van der Waals surface area contributed by atoms with Crippen LogP contribution in [0.4, 0.5) is 5.13 Å². The molecule has 0 aliphatic carbocycles. The highest BCUT2D eigenvalue weighted by Gasteiger charge is 2.20. The van der Waals surface area contributed by atoms with Crippen LogP contribution < -0.4 is 10.2 Å². The Kier molecular flexibility index (Phi) is 4.67. The van der Waals surface area contributed by atoms with Crippen LogP contribution in [0.3, 0.4) is 0 Å². The molecule has 1 aliphatic rings. The highest BCUT2D eigenvalue weighted by Crippen LogP contribution is 2.14. The minimum atomic E-state index is 0.859. The van der Waals surface area contributed by atoms with Crippen molar-refractivity contribution in [2.24, 2.45) is 0 Å². The molecule has 1 unspecified atom stereocenters. The number of nitrogens with zero attached hydrogens (tertiary/aromatic N) is 2. The molecular weight excluding hydrogens is 300 g/mol. The highest BCUT2D eigenvalue weighted by atomic mass is 32.1. The highest BCUT2D eigenvalue weighted by molar-refractivity contribution is 7.73. The lowest BCUT2D eigenvalue weighted by atomic mass is 10.0. The normalized spacial score (nSPS) is 17.5. The average molecular weight is 321 g/mol. The fourth-order valence-corrected chi connectivity index (χ4v) is 3.73. The molecule has 0 saturated carbocycles. The second-order valence-electron chi connectivity index (χ2n) is 5.45. The number of aromatic nitrogens is 2. The summed E-state index contributed by atoms with van der Waals surface area (Å²) in [6.07, 6.45) is 2.24. The van der Waals surface area contributed by atoms with Crippen molar-refractivity contribution in [2.45, 2.75) is 33.0 Å². The van der Waals surface area contributed by atoms with Gasteiger partial charge in [0.1, 0.15) is 6.54 Å². The fourth-order valence-electron chi connectivity index (χ4n) is 2.70. The van der Waals surface area contributed by atoms with E-state index in [-0.39, 0.29) is 0 Å². The molecule has 3 rings (SSSR count). The van der Waals surface area contributed by atoms with Crippen LogP contribution in [-0.4, -0.2) is 22.9 Å². The lowest BCUT2D eigenvalue weighted by Crippen LogP contribution is -3.11. The Bertz CT molecular complexity index is 662. The summed E-state index contributed by atoms with van der Waals surface area (Å²) >= 11 is 7.01. The SMILES string of the molecule is CCCNc1nn(C[NH+]2CCc3ccccc3C2)c(=S)s1. The predicted molar refractivity (Wildman–Crippen MR) is 89.4 cm³/mol. The van der Waals surface area contributed by atoms with Gasteiger partial charge in [-0.05, 0) is 24.2 Å². The fraction of sp³-hybridized carbons (Fsp3) is 0.467. The number of nitrogens with one attached hydrogen (secondary N) is 2. The van der Waals surface area contributed by atoms with E-state index in [9.17, 15) is 0 Å². The van der Waals surface area contributed by atoms with Gasteiger partial charge in [-0.25, -0.2) is 0 Å². The van der Waals surface area contributed by atoms with Crippen molar-refractivity contribution in [3.05, 3.63) is 39.3 Å². The molecule has 0 bridgehead atoms. The maximum atomic E-state index is 5.44. The van der Waals surface area contributed by atoms with E-state index in [4.69, 9.17) is 12.2 Å². The van der Waals surface area contributed by atoms with Gasteiger partial charge in [-0.15, -0.1) is 5.10 Å². The van der Waals surface area contributed by atoms with Crippen molar-refractivity contribution < 1.29 is 4.90 Å². The van der Waals surface area contributed by atoms with Crippen LogP contribution in [-0.2, 0) is 19.6 Å². The van der Waals surface area contributed by atoms with Crippen LogP contribution in [0.1, 0.15) is 24.5 Å². The van der Waals surface area contributed by atoms with Crippen LogP contribution in [0.15, 0.2) is 24.3 Å². The van der Waals surface area contributed by atoms with Gasteiger partial charge >= 0.3 is 0 Å². The van der Waals surface area contributed by atoms with Crippen molar-refractivity contribution in [3.63, 3.8) is 0 Å². The molecule has 112 valence electrons. The Hall–Kier alpha value is -1.24. The number of quaternary nitrogens is 1. The van der Waals surface area contributed by atoms with E-state index in [0.29, 0.717) is 0 Å².